The molecule has 0 amide bonds. The van der Waals surface area contributed by atoms with Gasteiger partial charge >= 0.3 is 0 Å². The van der Waals surface area contributed by atoms with Gasteiger partial charge in [0.25, 0.3) is 0 Å². The van der Waals surface area contributed by atoms with Gasteiger partial charge in [0, 0.05) is 43.4 Å². The summed E-state index contributed by atoms with van der Waals surface area (Å²) >= 11 is 1.86. The van der Waals surface area contributed by atoms with Crippen LogP contribution in [0.25, 0.3) is 31.3 Å². The topological polar surface area (TPSA) is 12.5 Å². The van der Waals surface area contributed by atoms with Crippen molar-refractivity contribution in [2.75, 3.05) is 4.90 Å². The van der Waals surface area contributed by atoms with Crippen molar-refractivity contribution in [3.63, 3.8) is 0 Å². The molecule has 262 valence electrons. The van der Waals surface area contributed by atoms with E-state index in [0.29, 0.717) is 0 Å². The monoisotopic (exact) mass is 723 g/mol. The summed E-state index contributed by atoms with van der Waals surface area (Å²) in [4.78, 5) is 2.45. The minimum absolute atomic E-state index is 0.245. The van der Waals surface area contributed by atoms with Crippen LogP contribution >= 0.6 is 11.3 Å². The molecular weight excluding hydrogens is 687 g/mol. The largest absolute Gasteiger partial charge is 0.457 e. The predicted molar refractivity (Wildman–Crippen MR) is 230 cm³/mol. The Balaban J connectivity index is 1.13. The molecule has 1 aliphatic carbocycles. The van der Waals surface area contributed by atoms with Gasteiger partial charge in [-0.15, -0.1) is 11.3 Å². The Morgan fingerprint density at radius 1 is 0.455 bits per heavy atom. The number of fused-ring (bicyclic) bond motifs is 8. The van der Waals surface area contributed by atoms with Gasteiger partial charge in [-0.2, -0.15) is 0 Å². The normalized spacial score (nSPS) is 14.4. The molecule has 9 aromatic rings. The van der Waals surface area contributed by atoms with Crippen molar-refractivity contribution in [3.8, 4) is 22.6 Å². The van der Waals surface area contributed by atoms with Gasteiger partial charge in [0.05, 0.1) is 15.8 Å². The summed E-state index contributed by atoms with van der Waals surface area (Å²) in [6.45, 7) is 4.62. The molecule has 0 radical (unpaired) electrons. The van der Waals surface area contributed by atoms with Crippen LogP contribution in [0, 0.1) is 0 Å². The van der Waals surface area contributed by atoms with E-state index >= 15 is 0 Å². The first-order chi connectivity index (χ1) is 27.0. The van der Waals surface area contributed by atoms with E-state index in [1.807, 2.05) is 11.3 Å². The zero-order valence-electron chi connectivity index (χ0n) is 30.7. The van der Waals surface area contributed by atoms with E-state index in [9.17, 15) is 0 Å². The lowest BCUT2D eigenvalue weighted by Crippen LogP contribution is -2.28. The SMILES string of the molecule is CC1(C)c2ccccc2Oc2ccc(N(c3ccc(C4(c5ccccc5)c5ccccc5-c5ccccc54)cc3)c3cccc4c3sc3ccccc34)cc21. The molecule has 0 fully saturated rings. The summed E-state index contributed by atoms with van der Waals surface area (Å²) in [5.41, 5.74) is 12.8. The molecule has 0 spiro atoms. The Morgan fingerprint density at radius 2 is 1.04 bits per heavy atom. The van der Waals surface area contributed by atoms with Crippen LogP contribution in [0.4, 0.5) is 17.1 Å². The number of rotatable bonds is 5. The van der Waals surface area contributed by atoms with Crippen LogP contribution in [-0.4, -0.2) is 0 Å². The highest BCUT2D eigenvalue weighted by atomic mass is 32.1. The molecule has 2 nitrogen and oxygen atoms in total. The zero-order chi connectivity index (χ0) is 36.7. The highest BCUT2D eigenvalue weighted by molar-refractivity contribution is 7.26. The summed E-state index contributed by atoms with van der Waals surface area (Å²) in [7, 11) is 0. The van der Waals surface area contributed by atoms with E-state index in [4.69, 9.17) is 4.74 Å². The third kappa shape index (κ3) is 4.60. The molecular formula is C52H37NOS. The molecule has 11 rings (SSSR count). The van der Waals surface area contributed by atoms with Crippen molar-refractivity contribution in [1.82, 2.24) is 0 Å². The van der Waals surface area contributed by atoms with Gasteiger partial charge in [-0.1, -0.05) is 153 Å². The van der Waals surface area contributed by atoms with Gasteiger partial charge in [0.15, 0.2) is 0 Å². The summed E-state index contributed by atoms with van der Waals surface area (Å²) in [6.07, 6.45) is 0. The second-order valence-corrected chi connectivity index (χ2v) is 16.3. The molecule has 2 heterocycles. The van der Waals surface area contributed by atoms with Crippen LogP contribution < -0.4 is 9.64 Å². The lowest BCUT2D eigenvalue weighted by Gasteiger charge is -2.36. The maximum absolute atomic E-state index is 6.54. The highest BCUT2D eigenvalue weighted by Crippen LogP contribution is 2.57. The predicted octanol–water partition coefficient (Wildman–Crippen LogP) is 14.3. The van der Waals surface area contributed by atoms with E-state index in [1.165, 1.54) is 64.7 Å². The van der Waals surface area contributed by atoms with Crippen LogP contribution in [0.2, 0.25) is 0 Å². The summed E-state index contributed by atoms with van der Waals surface area (Å²) in [5.74, 6) is 1.84. The van der Waals surface area contributed by atoms with Crippen molar-refractivity contribution in [3.05, 3.63) is 221 Å². The van der Waals surface area contributed by atoms with Crippen LogP contribution in [0.5, 0.6) is 11.5 Å². The molecule has 0 saturated heterocycles. The molecule has 1 aromatic heterocycles. The summed E-state index contributed by atoms with van der Waals surface area (Å²) in [5, 5.41) is 2.57. The molecule has 3 heteroatoms. The van der Waals surface area contributed by atoms with Crippen molar-refractivity contribution in [2.45, 2.75) is 24.7 Å². The number of nitrogens with zero attached hydrogens (tertiary/aromatic N) is 1. The Bertz CT molecular complexity index is 2890. The number of anilines is 3. The average molecular weight is 724 g/mol. The van der Waals surface area contributed by atoms with E-state index in [-0.39, 0.29) is 5.41 Å². The maximum Gasteiger partial charge on any atom is 0.131 e. The Hall–Kier alpha value is -6.42. The van der Waals surface area contributed by atoms with E-state index < -0.39 is 5.41 Å². The molecule has 2 aliphatic rings. The Morgan fingerprint density at radius 3 is 1.80 bits per heavy atom. The van der Waals surface area contributed by atoms with Crippen molar-refractivity contribution in [1.29, 1.82) is 0 Å². The second kappa shape index (κ2) is 12.0. The zero-order valence-corrected chi connectivity index (χ0v) is 31.5. The lowest BCUT2D eigenvalue weighted by atomic mass is 9.68. The van der Waals surface area contributed by atoms with Crippen LogP contribution in [0.3, 0.4) is 0 Å². The Kier molecular flexibility index (Phi) is 7.02. The van der Waals surface area contributed by atoms with Crippen LogP contribution in [0.15, 0.2) is 188 Å². The molecule has 0 N–H and O–H groups in total. The number of benzene rings is 8. The standard InChI is InChI=1S/C52H37NOS/c1-51(2)44-23-11-12-25-47(44)54-48-32-31-37(33-45(48)51)53(46-24-14-20-41-40-19-8-13-26-49(40)55-50(41)46)36-29-27-35(28-30-36)52(34-15-4-3-5-16-34)42-21-9-6-17-38(42)39-18-7-10-22-43(39)52/h3-33H,1-2H3. The lowest BCUT2D eigenvalue weighted by molar-refractivity contribution is 0.418. The fourth-order valence-corrected chi connectivity index (χ4v) is 10.7. The number of thiophene rings is 1. The van der Waals surface area contributed by atoms with Gasteiger partial charge in [-0.05, 0) is 81.9 Å². The fourth-order valence-electron chi connectivity index (χ4n) is 9.48. The molecule has 0 bridgehead atoms. The number of hydrogen-bond acceptors (Lipinski definition) is 3. The molecule has 55 heavy (non-hydrogen) atoms. The van der Waals surface area contributed by atoms with Gasteiger partial charge in [0.2, 0.25) is 0 Å². The van der Waals surface area contributed by atoms with Gasteiger partial charge in [-0.3, -0.25) is 0 Å². The molecule has 0 saturated carbocycles. The van der Waals surface area contributed by atoms with Crippen LogP contribution in [-0.2, 0) is 10.8 Å². The quantitative estimate of drug-likeness (QED) is 0.175. The van der Waals surface area contributed by atoms with E-state index in [2.05, 4.69) is 207 Å². The first-order valence-electron chi connectivity index (χ1n) is 19.0. The minimum atomic E-state index is -0.454. The number of ether oxygens (including phenoxy) is 1. The second-order valence-electron chi connectivity index (χ2n) is 15.2. The van der Waals surface area contributed by atoms with Gasteiger partial charge in [-0.25, -0.2) is 0 Å². The number of hydrogen-bond donors (Lipinski definition) is 0. The average Bonchev–Trinajstić information content (AvgIpc) is 3.77. The maximum atomic E-state index is 6.54. The van der Waals surface area contributed by atoms with E-state index in [1.54, 1.807) is 0 Å². The highest BCUT2D eigenvalue weighted by Gasteiger charge is 2.46. The number of para-hydroxylation sites is 1. The first-order valence-corrected chi connectivity index (χ1v) is 19.8. The van der Waals surface area contributed by atoms with Crippen molar-refractivity contribution >= 4 is 48.6 Å². The fraction of sp³-hybridized carbons (Fsp3) is 0.0769. The first kappa shape index (κ1) is 32.0. The van der Waals surface area contributed by atoms with Gasteiger partial charge < -0.3 is 9.64 Å². The van der Waals surface area contributed by atoms with Gasteiger partial charge in [0.1, 0.15) is 11.5 Å². The molecule has 0 atom stereocenters. The summed E-state index contributed by atoms with van der Waals surface area (Å²) < 4.78 is 9.10. The van der Waals surface area contributed by atoms with Crippen molar-refractivity contribution in [2.24, 2.45) is 0 Å². The third-order valence-electron chi connectivity index (χ3n) is 12.0. The van der Waals surface area contributed by atoms with Crippen molar-refractivity contribution < 1.29 is 4.74 Å². The molecule has 0 unspecified atom stereocenters. The third-order valence-corrected chi connectivity index (χ3v) is 13.2. The Labute approximate surface area is 325 Å². The minimum Gasteiger partial charge on any atom is -0.457 e. The van der Waals surface area contributed by atoms with E-state index in [0.717, 1.165) is 28.6 Å². The van der Waals surface area contributed by atoms with Crippen LogP contribution in [0.1, 0.15) is 47.2 Å². The smallest absolute Gasteiger partial charge is 0.131 e. The molecule has 8 aromatic carbocycles. The molecule has 1 aliphatic heterocycles. The summed E-state index contributed by atoms with van der Waals surface area (Å²) in [6, 6.07) is 69.0.